The number of sulfone groups is 1. The van der Waals surface area contributed by atoms with Crippen molar-refractivity contribution in [3.8, 4) is 0 Å². The maximum atomic E-state index is 12.4. The van der Waals surface area contributed by atoms with Crippen LogP contribution in [0.2, 0.25) is 0 Å². The van der Waals surface area contributed by atoms with E-state index in [0.29, 0.717) is 16.4 Å². The smallest absolute Gasteiger partial charge is 0.251 e. The maximum Gasteiger partial charge on any atom is 0.251 e. The Morgan fingerprint density at radius 2 is 1.67 bits per heavy atom. The van der Waals surface area contributed by atoms with Gasteiger partial charge in [0.05, 0.1) is 10.1 Å². The zero-order chi connectivity index (χ0) is 19.0. The van der Waals surface area contributed by atoms with Gasteiger partial charge in [0.25, 0.3) is 5.56 Å². The van der Waals surface area contributed by atoms with Crippen molar-refractivity contribution in [2.45, 2.75) is 55.6 Å². The molecular weight excluding hydrogens is 358 g/mol. The Morgan fingerprint density at radius 3 is 2.26 bits per heavy atom. The summed E-state index contributed by atoms with van der Waals surface area (Å²) in [6, 6.07) is 10.9. The highest BCUT2D eigenvalue weighted by atomic mass is 32.2. The van der Waals surface area contributed by atoms with Crippen LogP contribution in [0.4, 0.5) is 0 Å². The third-order valence-electron chi connectivity index (χ3n) is 5.66. The van der Waals surface area contributed by atoms with Gasteiger partial charge in [0.2, 0.25) is 0 Å². The predicted octanol–water partition coefficient (Wildman–Crippen LogP) is 4.24. The van der Waals surface area contributed by atoms with Crippen molar-refractivity contribution in [3.63, 3.8) is 0 Å². The Bertz CT molecular complexity index is 1020. The van der Waals surface area contributed by atoms with Crippen LogP contribution in [-0.4, -0.2) is 18.7 Å². The molecule has 0 unspecified atom stereocenters. The molecule has 0 amide bonds. The molecule has 2 aliphatic rings. The lowest BCUT2D eigenvalue weighted by molar-refractivity contribution is 0.595. The number of pyridine rings is 1. The molecule has 4 nitrogen and oxygen atoms in total. The van der Waals surface area contributed by atoms with Crippen LogP contribution in [0.5, 0.6) is 0 Å². The molecule has 1 heterocycles. The van der Waals surface area contributed by atoms with Gasteiger partial charge in [-0.3, -0.25) is 4.79 Å². The quantitative estimate of drug-likeness (QED) is 0.840. The van der Waals surface area contributed by atoms with Crippen molar-refractivity contribution in [1.29, 1.82) is 0 Å². The normalized spacial score (nSPS) is 18.8. The molecule has 4 rings (SSSR count). The Labute approximate surface area is 160 Å². The summed E-state index contributed by atoms with van der Waals surface area (Å²) in [7, 11) is -3.18. The minimum atomic E-state index is -3.18. The van der Waals surface area contributed by atoms with Crippen LogP contribution < -0.4 is 5.56 Å². The van der Waals surface area contributed by atoms with Gasteiger partial charge in [-0.25, -0.2) is 8.42 Å². The largest absolute Gasteiger partial charge is 0.322 e. The SMILES string of the molecule is Cc1ccc(/C(=C/C2CCCC2)c2ccc(S(=O)(=O)C3CC3)cc2)[nH]c1=O. The number of benzene rings is 1. The number of aryl methyl sites for hydroxylation is 1. The summed E-state index contributed by atoms with van der Waals surface area (Å²) in [5, 5.41) is -0.203. The molecule has 2 aromatic rings. The number of allylic oxidation sites excluding steroid dienone is 1. The fourth-order valence-electron chi connectivity index (χ4n) is 3.80. The van der Waals surface area contributed by atoms with Crippen LogP contribution in [0.15, 0.2) is 52.2 Å². The van der Waals surface area contributed by atoms with E-state index >= 15 is 0 Å². The number of H-pyrrole nitrogens is 1. The lowest BCUT2D eigenvalue weighted by Gasteiger charge is -2.13. The number of aromatic nitrogens is 1. The minimum Gasteiger partial charge on any atom is -0.322 e. The van der Waals surface area contributed by atoms with Crippen LogP contribution in [-0.2, 0) is 9.84 Å². The molecule has 2 fully saturated rings. The van der Waals surface area contributed by atoms with Gasteiger partial charge in [-0.1, -0.05) is 37.1 Å². The van der Waals surface area contributed by atoms with Crippen LogP contribution in [0.1, 0.15) is 55.3 Å². The highest BCUT2D eigenvalue weighted by Crippen LogP contribution is 2.35. The molecule has 1 aromatic heterocycles. The second kappa shape index (κ2) is 7.12. The van der Waals surface area contributed by atoms with Crippen molar-refractivity contribution in [2.24, 2.45) is 5.92 Å². The van der Waals surface area contributed by atoms with Crippen molar-refractivity contribution in [1.82, 2.24) is 4.98 Å². The third kappa shape index (κ3) is 3.79. The van der Waals surface area contributed by atoms with E-state index in [1.807, 2.05) is 24.3 Å². The van der Waals surface area contributed by atoms with E-state index in [2.05, 4.69) is 11.1 Å². The summed E-state index contributed by atoms with van der Waals surface area (Å²) >= 11 is 0. The molecule has 1 N–H and O–H groups in total. The number of aromatic amines is 1. The number of hydrogen-bond donors (Lipinski definition) is 1. The molecule has 0 aliphatic heterocycles. The fourth-order valence-corrected chi connectivity index (χ4v) is 5.46. The number of hydrogen-bond acceptors (Lipinski definition) is 3. The molecule has 1 aromatic carbocycles. The van der Waals surface area contributed by atoms with Gasteiger partial charge in [-0.15, -0.1) is 0 Å². The van der Waals surface area contributed by atoms with E-state index in [1.54, 1.807) is 19.1 Å². The summed E-state index contributed by atoms with van der Waals surface area (Å²) in [5.74, 6) is 0.500. The van der Waals surface area contributed by atoms with E-state index in [1.165, 1.54) is 12.8 Å². The van der Waals surface area contributed by atoms with E-state index < -0.39 is 9.84 Å². The van der Waals surface area contributed by atoms with Crippen molar-refractivity contribution in [2.75, 3.05) is 0 Å². The fraction of sp³-hybridized carbons (Fsp3) is 0.409. The van der Waals surface area contributed by atoms with Gasteiger partial charge in [0.15, 0.2) is 9.84 Å². The highest BCUT2D eigenvalue weighted by Gasteiger charge is 2.36. The molecule has 142 valence electrons. The van der Waals surface area contributed by atoms with Crippen molar-refractivity contribution >= 4 is 15.4 Å². The summed E-state index contributed by atoms with van der Waals surface area (Å²) in [6.45, 7) is 1.79. The van der Waals surface area contributed by atoms with Crippen LogP contribution in [0.3, 0.4) is 0 Å². The van der Waals surface area contributed by atoms with Gasteiger partial charge in [-0.2, -0.15) is 0 Å². The van der Waals surface area contributed by atoms with Gasteiger partial charge >= 0.3 is 0 Å². The monoisotopic (exact) mass is 383 g/mol. The molecular formula is C22H25NO3S. The van der Waals surface area contributed by atoms with Gasteiger partial charge in [0.1, 0.15) is 0 Å². The van der Waals surface area contributed by atoms with E-state index in [9.17, 15) is 13.2 Å². The molecule has 0 saturated heterocycles. The standard InChI is InChI=1S/C22H25NO3S/c1-15-6-13-21(23-22(15)24)20(14-16-4-2-3-5-16)17-7-9-18(10-8-17)27(25,26)19-11-12-19/h6-10,13-14,16,19H,2-5,11-12H2,1H3,(H,23,24)/b20-14+. The summed E-state index contributed by atoms with van der Waals surface area (Å²) < 4.78 is 24.9. The summed E-state index contributed by atoms with van der Waals surface area (Å²) in [4.78, 5) is 15.5. The van der Waals surface area contributed by atoms with E-state index in [0.717, 1.165) is 42.5 Å². The Kier molecular flexibility index (Phi) is 4.81. The maximum absolute atomic E-state index is 12.4. The first kappa shape index (κ1) is 18.2. The van der Waals surface area contributed by atoms with Gasteiger partial charge in [-0.05, 0) is 62.3 Å². The van der Waals surface area contributed by atoms with Crippen LogP contribution >= 0.6 is 0 Å². The average molecular weight is 384 g/mol. The van der Waals surface area contributed by atoms with Crippen molar-refractivity contribution in [3.05, 3.63) is 69.6 Å². The lowest BCUT2D eigenvalue weighted by atomic mass is 9.96. The lowest BCUT2D eigenvalue weighted by Crippen LogP contribution is -2.12. The minimum absolute atomic E-state index is 0.0854. The molecule has 0 spiro atoms. The van der Waals surface area contributed by atoms with Crippen LogP contribution in [0, 0.1) is 12.8 Å². The van der Waals surface area contributed by atoms with Gasteiger partial charge in [0, 0.05) is 16.8 Å². The molecule has 0 atom stereocenters. The molecule has 0 bridgehead atoms. The first-order chi connectivity index (χ1) is 12.9. The first-order valence-corrected chi connectivity index (χ1v) is 11.3. The second-order valence-electron chi connectivity index (χ2n) is 7.78. The van der Waals surface area contributed by atoms with Gasteiger partial charge < -0.3 is 4.98 Å². The highest BCUT2D eigenvalue weighted by molar-refractivity contribution is 7.92. The summed E-state index contributed by atoms with van der Waals surface area (Å²) in [6.07, 6.45) is 8.57. The summed E-state index contributed by atoms with van der Waals surface area (Å²) in [5.41, 5.74) is 3.31. The molecule has 5 heteroatoms. The second-order valence-corrected chi connectivity index (χ2v) is 10.0. The van der Waals surface area contributed by atoms with Crippen LogP contribution in [0.25, 0.3) is 5.57 Å². The predicted molar refractivity (Wildman–Crippen MR) is 107 cm³/mol. The Morgan fingerprint density at radius 1 is 1.00 bits per heavy atom. The molecule has 0 radical (unpaired) electrons. The zero-order valence-electron chi connectivity index (χ0n) is 15.6. The molecule has 2 aliphatic carbocycles. The number of rotatable bonds is 5. The van der Waals surface area contributed by atoms with E-state index in [4.69, 9.17) is 0 Å². The average Bonchev–Trinajstić information content (AvgIpc) is 3.41. The zero-order valence-corrected chi connectivity index (χ0v) is 16.4. The number of nitrogens with one attached hydrogen (secondary N) is 1. The topological polar surface area (TPSA) is 67.0 Å². The third-order valence-corrected chi connectivity index (χ3v) is 7.93. The van der Waals surface area contributed by atoms with Crippen molar-refractivity contribution < 1.29 is 8.42 Å². The molecule has 27 heavy (non-hydrogen) atoms. The first-order valence-electron chi connectivity index (χ1n) is 9.71. The molecule has 2 saturated carbocycles. The van der Waals surface area contributed by atoms with E-state index in [-0.39, 0.29) is 10.8 Å². The Hall–Kier alpha value is -2.14. The Balaban J connectivity index is 1.74.